The second kappa shape index (κ2) is 10.0. The topological polar surface area (TPSA) is 141 Å². The average molecular weight is 562 g/mol. The number of nitrogens with zero attached hydrogens (tertiary/aromatic N) is 6. The zero-order valence-electron chi connectivity index (χ0n) is 20.5. The van der Waals surface area contributed by atoms with Gasteiger partial charge in [-0.1, -0.05) is 0 Å². The number of fused-ring (bicyclic) bond motifs is 1. The highest BCUT2D eigenvalue weighted by Crippen LogP contribution is 2.39. The smallest absolute Gasteiger partial charge is 0.418 e. The second-order valence-electron chi connectivity index (χ2n) is 8.80. The molecule has 0 saturated carbocycles. The zero-order valence-corrected chi connectivity index (χ0v) is 20.5. The summed E-state index contributed by atoms with van der Waals surface area (Å²) in [5.41, 5.74) is 3.79. The number of nitrogens with two attached hydrogens (primary N) is 1. The Morgan fingerprint density at radius 3 is 2.58 bits per heavy atom. The van der Waals surface area contributed by atoms with Gasteiger partial charge < -0.3 is 20.7 Å². The van der Waals surface area contributed by atoms with Crippen LogP contribution in [0.1, 0.15) is 26.4 Å². The van der Waals surface area contributed by atoms with Crippen LogP contribution in [0.4, 0.5) is 27.8 Å². The first-order chi connectivity index (χ1) is 19.0. The number of ether oxygens (including phenoxy) is 1. The molecule has 1 aliphatic rings. The summed E-state index contributed by atoms with van der Waals surface area (Å²) in [5, 5.41) is 6.35. The summed E-state index contributed by atoms with van der Waals surface area (Å²) in [6, 6.07) is 3.08. The van der Waals surface area contributed by atoms with Crippen molar-refractivity contribution in [2.24, 2.45) is 0 Å². The Bertz CT molecular complexity index is 1610. The lowest BCUT2D eigenvalue weighted by Crippen LogP contribution is -2.42. The van der Waals surface area contributed by atoms with Gasteiger partial charge in [-0.15, -0.1) is 0 Å². The number of anilines is 1. The Labute approximate surface area is 221 Å². The summed E-state index contributed by atoms with van der Waals surface area (Å²) in [6.07, 6.45) is -3.42. The zero-order chi connectivity index (χ0) is 28.8. The van der Waals surface area contributed by atoms with E-state index in [1.54, 1.807) is 0 Å². The fourth-order valence-electron chi connectivity index (χ4n) is 4.38. The number of carbonyl (C=O) groups excluding carboxylic acids is 2. The quantitative estimate of drug-likeness (QED) is 0.354. The van der Waals surface area contributed by atoms with Crippen molar-refractivity contribution in [3.05, 3.63) is 65.6 Å². The van der Waals surface area contributed by atoms with Crippen molar-refractivity contribution in [3.63, 3.8) is 0 Å². The van der Waals surface area contributed by atoms with Crippen molar-refractivity contribution < 1.29 is 36.3 Å². The van der Waals surface area contributed by atoms with Crippen LogP contribution in [0, 0.1) is 5.82 Å². The van der Waals surface area contributed by atoms with Crippen LogP contribution < -0.4 is 15.8 Å². The van der Waals surface area contributed by atoms with E-state index in [2.05, 4.69) is 25.4 Å². The molecule has 4 aromatic rings. The van der Waals surface area contributed by atoms with Gasteiger partial charge in [0.15, 0.2) is 5.82 Å². The molecule has 5 rings (SSSR count). The van der Waals surface area contributed by atoms with Crippen LogP contribution >= 0.6 is 0 Å². The number of hydrogen-bond acceptors (Lipinski definition) is 8. The van der Waals surface area contributed by atoms with E-state index in [0.29, 0.717) is 0 Å². The van der Waals surface area contributed by atoms with Gasteiger partial charge in [-0.05, 0) is 24.3 Å². The molecule has 1 saturated heterocycles. The van der Waals surface area contributed by atoms with Gasteiger partial charge in [-0.2, -0.15) is 18.3 Å². The molecule has 0 bridgehead atoms. The van der Waals surface area contributed by atoms with E-state index in [9.17, 15) is 31.5 Å². The Balaban J connectivity index is 1.43. The van der Waals surface area contributed by atoms with Crippen molar-refractivity contribution in [2.75, 3.05) is 25.9 Å². The lowest BCUT2D eigenvalue weighted by molar-refractivity contribution is -0.136. The van der Waals surface area contributed by atoms with E-state index < -0.39 is 52.9 Å². The third-order valence-corrected chi connectivity index (χ3v) is 6.27. The van der Waals surface area contributed by atoms with Crippen molar-refractivity contribution in [2.45, 2.75) is 18.4 Å². The highest BCUT2D eigenvalue weighted by atomic mass is 19.4. The molecule has 2 amide bonds. The molecule has 208 valence electrons. The number of aromatic nitrogens is 5. The van der Waals surface area contributed by atoms with Gasteiger partial charge in [0.2, 0.25) is 5.88 Å². The molecule has 0 aliphatic carbocycles. The minimum absolute atomic E-state index is 0.0527. The average Bonchev–Trinajstić information content (AvgIpc) is 3.50. The van der Waals surface area contributed by atoms with Crippen molar-refractivity contribution >= 4 is 23.1 Å². The molecule has 0 radical (unpaired) electrons. The van der Waals surface area contributed by atoms with Crippen LogP contribution in [0.15, 0.2) is 43.0 Å². The molecule has 5 heterocycles. The van der Waals surface area contributed by atoms with E-state index in [-0.39, 0.29) is 41.5 Å². The Morgan fingerprint density at radius 1 is 1.12 bits per heavy atom. The summed E-state index contributed by atoms with van der Waals surface area (Å²) in [5.74, 6) is -2.72. The van der Waals surface area contributed by atoms with E-state index in [1.165, 1.54) is 19.4 Å². The lowest BCUT2D eigenvalue weighted by atomic mass is 10.1. The van der Waals surface area contributed by atoms with Gasteiger partial charge in [0.1, 0.15) is 35.1 Å². The summed E-state index contributed by atoms with van der Waals surface area (Å²) >= 11 is 0. The first kappa shape index (κ1) is 26.7. The van der Waals surface area contributed by atoms with Gasteiger partial charge in [-0.3, -0.25) is 9.59 Å². The number of rotatable bonds is 5. The molecule has 0 unspecified atom stereocenters. The highest BCUT2D eigenvalue weighted by molar-refractivity contribution is 5.98. The summed E-state index contributed by atoms with van der Waals surface area (Å²) in [4.78, 5) is 38.3. The van der Waals surface area contributed by atoms with Crippen LogP contribution in [0.2, 0.25) is 0 Å². The largest absolute Gasteiger partial charge is 0.480 e. The molecule has 0 aromatic carbocycles. The molecule has 0 spiro atoms. The number of pyridine rings is 2. The lowest BCUT2D eigenvalue weighted by Gasteiger charge is -2.17. The van der Waals surface area contributed by atoms with Crippen molar-refractivity contribution in [1.82, 2.24) is 34.8 Å². The molecular formula is C24H19F5N8O3. The highest BCUT2D eigenvalue weighted by Gasteiger charge is 2.39. The second-order valence-corrected chi connectivity index (χ2v) is 8.80. The number of alkyl halides is 4. The molecule has 16 heteroatoms. The van der Waals surface area contributed by atoms with E-state index >= 15 is 0 Å². The number of carbonyl (C=O) groups is 2. The maximum atomic E-state index is 14.8. The maximum absolute atomic E-state index is 14.8. The SMILES string of the molecule is COc1ncc(-c2cc(C(F)(F)F)c3c(N)ncnn23)cc1C(=O)N[C@@H]1CN(C(=O)c2ccc(F)cn2)C[C@@H]1F. The van der Waals surface area contributed by atoms with Crippen LogP contribution in [0.3, 0.4) is 0 Å². The van der Waals surface area contributed by atoms with Crippen LogP contribution in [-0.4, -0.2) is 73.7 Å². The van der Waals surface area contributed by atoms with Gasteiger partial charge in [0.25, 0.3) is 11.8 Å². The van der Waals surface area contributed by atoms with E-state index in [1.807, 2.05) is 0 Å². The maximum Gasteiger partial charge on any atom is 0.418 e. The Morgan fingerprint density at radius 2 is 1.90 bits per heavy atom. The Hall–Kier alpha value is -4.89. The Kier molecular flexibility index (Phi) is 6.69. The predicted octanol–water partition coefficient (Wildman–Crippen LogP) is 2.53. The monoisotopic (exact) mass is 562 g/mol. The third kappa shape index (κ3) is 4.83. The fraction of sp³-hybridized carbons (Fsp3) is 0.250. The molecule has 1 aliphatic heterocycles. The van der Waals surface area contributed by atoms with Gasteiger partial charge in [0, 0.05) is 18.3 Å². The number of methoxy groups -OCH3 is 1. The predicted molar refractivity (Wildman–Crippen MR) is 128 cm³/mol. The molecule has 2 atom stereocenters. The summed E-state index contributed by atoms with van der Waals surface area (Å²) < 4.78 is 75.2. The first-order valence-corrected chi connectivity index (χ1v) is 11.6. The fourth-order valence-corrected chi connectivity index (χ4v) is 4.38. The minimum Gasteiger partial charge on any atom is -0.480 e. The molecule has 4 aromatic heterocycles. The first-order valence-electron chi connectivity index (χ1n) is 11.6. The van der Waals surface area contributed by atoms with Crippen molar-refractivity contribution in [3.8, 4) is 17.1 Å². The number of likely N-dealkylation sites (tertiary alicyclic amines) is 1. The number of amides is 2. The van der Waals surface area contributed by atoms with E-state index in [4.69, 9.17) is 10.5 Å². The molecular weight excluding hydrogens is 543 g/mol. The van der Waals surface area contributed by atoms with E-state index in [0.717, 1.165) is 40.1 Å². The number of hydrogen-bond donors (Lipinski definition) is 2. The van der Waals surface area contributed by atoms with Crippen LogP contribution in [-0.2, 0) is 6.18 Å². The number of halogens is 5. The van der Waals surface area contributed by atoms with Crippen molar-refractivity contribution in [1.29, 1.82) is 0 Å². The number of nitrogen functional groups attached to an aromatic ring is 1. The standard InChI is InChI=1S/C24H19F5N8O3/c1-40-22-13(21(38)35-17-9-36(8-15(17)26)23(39)16-3-2-12(25)7-31-16)4-11(6-32-22)18-5-14(24(27,28)29)19-20(30)33-10-34-37(18)19/h2-7,10,15,17H,8-9H2,1H3,(H,35,38)(H2,30,33,34)/t15-,17+/m0/s1. The molecule has 1 fully saturated rings. The van der Waals surface area contributed by atoms with Crippen LogP contribution in [0.5, 0.6) is 5.88 Å². The summed E-state index contributed by atoms with van der Waals surface area (Å²) in [6.45, 7) is -0.565. The van der Waals surface area contributed by atoms with Gasteiger partial charge in [-0.25, -0.2) is 28.2 Å². The summed E-state index contributed by atoms with van der Waals surface area (Å²) in [7, 11) is 1.23. The van der Waals surface area contributed by atoms with Gasteiger partial charge >= 0.3 is 6.18 Å². The minimum atomic E-state index is -4.78. The number of nitrogens with one attached hydrogen (secondary N) is 1. The molecule has 40 heavy (non-hydrogen) atoms. The normalized spacial score (nSPS) is 17.3. The van der Waals surface area contributed by atoms with Crippen LogP contribution in [0.25, 0.3) is 16.8 Å². The molecule has 11 nitrogen and oxygen atoms in total. The molecule has 3 N–H and O–H groups in total. The van der Waals surface area contributed by atoms with Gasteiger partial charge in [0.05, 0.1) is 37.2 Å². The third-order valence-electron chi connectivity index (χ3n) is 6.27.